The molecule has 1 N–H and O–H groups in total. The number of β-amino-alcohol motifs (C(OH)–C–C–N with tert-alkyl or cyclic N) is 1. The quantitative estimate of drug-likeness (QED) is 0.896. The van der Waals surface area contributed by atoms with Gasteiger partial charge in [-0.15, -0.1) is 0 Å². The summed E-state index contributed by atoms with van der Waals surface area (Å²) in [7, 11) is 0. The first-order valence-corrected chi connectivity index (χ1v) is 6.15. The third kappa shape index (κ3) is 2.83. The molecule has 0 radical (unpaired) electrons. The highest BCUT2D eigenvalue weighted by molar-refractivity contribution is 9.10. The predicted molar refractivity (Wildman–Crippen MR) is 65.0 cm³/mol. The maximum Gasteiger partial charge on any atom is 0.227 e. The number of nitrogens with zero attached hydrogens (tertiary/aromatic N) is 1. The lowest BCUT2D eigenvalue weighted by atomic mass is 10.1. The van der Waals surface area contributed by atoms with Crippen molar-refractivity contribution in [1.82, 2.24) is 4.90 Å². The van der Waals surface area contributed by atoms with E-state index in [1.165, 1.54) is 0 Å². The predicted octanol–water partition coefficient (Wildman–Crippen LogP) is 1.58. The third-order valence-electron chi connectivity index (χ3n) is 2.78. The van der Waals surface area contributed by atoms with Gasteiger partial charge in [0.1, 0.15) is 0 Å². The van der Waals surface area contributed by atoms with Crippen molar-refractivity contribution in [1.29, 1.82) is 0 Å². The van der Waals surface area contributed by atoms with Crippen LogP contribution < -0.4 is 0 Å². The van der Waals surface area contributed by atoms with Crippen LogP contribution in [0.1, 0.15) is 12.0 Å². The smallest absolute Gasteiger partial charge is 0.227 e. The second kappa shape index (κ2) is 4.97. The number of hydrogen-bond donors (Lipinski definition) is 1. The molecule has 1 heterocycles. The first-order chi connectivity index (χ1) is 7.65. The molecule has 1 aromatic rings. The minimum Gasteiger partial charge on any atom is -0.391 e. The third-order valence-corrected chi connectivity index (χ3v) is 3.31. The van der Waals surface area contributed by atoms with Crippen molar-refractivity contribution < 1.29 is 9.90 Å². The van der Waals surface area contributed by atoms with E-state index in [0.717, 1.165) is 10.0 Å². The highest BCUT2D eigenvalue weighted by Crippen LogP contribution is 2.14. The molecule has 16 heavy (non-hydrogen) atoms. The largest absolute Gasteiger partial charge is 0.391 e. The topological polar surface area (TPSA) is 40.5 Å². The Kier molecular flexibility index (Phi) is 3.61. The number of halogens is 1. The number of aliphatic hydroxyl groups excluding tert-OH is 1. The molecule has 1 aliphatic rings. The number of hydrogen-bond acceptors (Lipinski definition) is 2. The van der Waals surface area contributed by atoms with Gasteiger partial charge in [0, 0.05) is 17.6 Å². The summed E-state index contributed by atoms with van der Waals surface area (Å²) in [5, 5.41) is 9.35. The number of benzene rings is 1. The van der Waals surface area contributed by atoms with Crippen LogP contribution in [0.15, 0.2) is 28.7 Å². The van der Waals surface area contributed by atoms with Crippen LogP contribution in [-0.2, 0) is 11.2 Å². The van der Waals surface area contributed by atoms with Gasteiger partial charge in [-0.25, -0.2) is 0 Å². The lowest BCUT2D eigenvalue weighted by Crippen LogP contribution is -2.30. The minimum absolute atomic E-state index is 0.0962. The van der Waals surface area contributed by atoms with Gasteiger partial charge in [0.2, 0.25) is 5.91 Å². The lowest BCUT2D eigenvalue weighted by molar-refractivity contribution is -0.129. The zero-order chi connectivity index (χ0) is 11.5. The Hall–Kier alpha value is -0.870. The van der Waals surface area contributed by atoms with E-state index in [1.54, 1.807) is 4.90 Å². The van der Waals surface area contributed by atoms with Crippen LogP contribution in [0, 0.1) is 0 Å². The Morgan fingerprint density at radius 3 is 2.69 bits per heavy atom. The molecule has 0 aromatic heterocycles. The average molecular weight is 284 g/mol. The first-order valence-electron chi connectivity index (χ1n) is 5.35. The number of likely N-dealkylation sites (tertiary alicyclic amines) is 1. The van der Waals surface area contributed by atoms with Gasteiger partial charge in [0.15, 0.2) is 0 Å². The molecule has 3 nitrogen and oxygen atoms in total. The van der Waals surface area contributed by atoms with Gasteiger partial charge in [-0.3, -0.25) is 4.79 Å². The molecule has 1 saturated heterocycles. The van der Waals surface area contributed by atoms with Crippen LogP contribution >= 0.6 is 15.9 Å². The Bertz CT molecular complexity index is 377. The zero-order valence-electron chi connectivity index (χ0n) is 8.90. The van der Waals surface area contributed by atoms with Gasteiger partial charge in [-0.2, -0.15) is 0 Å². The molecule has 86 valence electrons. The Morgan fingerprint density at radius 2 is 2.12 bits per heavy atom. The van der Waals surface area contributed by atoms with E-state index in [0.29, 0.717) is 25.9 Å². The maximum atomic E-state index is 11.8. The molecular formula is C12H14BrNO2. The van der Waals surface area contributed by atoms with Crippen LogP contribution in [0.3, 0.4) is 0 Å². The zero-order valence-corrected chi connectivity index (χ0v) is 10.5. The Morgan fingerprint density at radius 1 is 1.44 bits per heavy atom. The Labute approximate surface area is 103 Å². The maximum absolute atomic E-state index is 11.8. The van der Waals surface area contributed by atoms with Crippen molar-refractivity contribution in [3.63, 3.8) is 0 Å². The summed E-state index contributed by atoms with van der Waals surface area (Å²) in [6.45, 7) is 1.16. The summed E-state index contributed by atoms with van der Waals surface area (Å²) in [5.74, 6) is 0.0962. The van der Waals surface area contributed by atoms with Crippen molar-refractivity contribution >= 4 is 21.8 Å². The van der Waals surface area contributed by atoms with Gasteiger partial charge in [0.05, 0.1) is 12.5 Å². The summed E-state index contributed by atoms with van der Waals surface area (Å²) in [5.41, 5.74) is 1.01. The van der Waals surface area contributed by atoms with Gasteiger partial charge in [-0.1, -0.05) is 28.1 Å². The minimum atomic E-state index is -0.339. The standard InChI is InChI=1S/C12H14BrNO2/c13-10-3-1-9(2-4-10)7-12(16)14-6-5-11(15)8-14/h1-4,11,15H,5-8H2/t11-/m1/s1. The molecular weight excluding hydrogens is 270 g/mol. The fourth-order valence-corrected chi connectivity index (χ4v) is 2.12. The van der Waals surface area contributed by atoms with Crippen LogP contribution in [-0.4, -0.2) is 35.1 Å². The van der Waals surface area contributed by atoms with E-state index in [9.17, 15) is 9.90 Å². The molecule has 0 unspecified atom stereocenters. The van der Waals surface area contributed by atoms with Gasteiger partial charge in [0.25, 0.3) is 0 Å². The van der Waals surface area contributed by atoms with Crippen molar-refractivity contribution in [2.75, 3.05) is 13.1 Å². The van der Waals surface area contributed by atoms with Crippen molar-refractivity contribution in [2.24, 2.45) is 0 Å². The monoisotopic (exact) mass is 283 g/mol. The summed E-state index contributed by atoms with van der Waals surface area (Å²) in [4.78, 5) is 13.6. The molecule has 1 fully saturated rings. The lowest BCUT2D eigenvalue weighted by Gasteiger charge is -2.15. The summed E-state index contributed by atoms with van der Waals surface area (Å²) < 4.78 is 1.01. The number of carbonyl (C=O) groups is 1. The van der Waals surface area contributed by atoms with E-state index in [1.807, 2.05) is 24.3 Å². The van der Waals surface area contributed by atoms with Crippen molar-refractivity contribution in [2.45, 2.75) is 18.9 Å². The number of rotatable bonds is 2. The van der Waals surface area contributed by atoms with Gasteiger partial charge < -0.3 is 10.0 Å². The number of carbonyl (C=O) groups excluding carboxylic acids is 1. The molecule has 0 saturated carbocycles. The fraction of sp³-hybridized carbons (Fsp3) is 0.417. The van der Waals surface area contributed by atoms with Crippen molar-refractivity contribution in [3.05, 3.63) is 34.3 Å². The van der Waals surface area contributed by atoms with E-state index in [2.05, 4.69) is 15.9 Å². The number of amides is 1. The molecule has 2 rings (SSSR count). The molecule has 4 heteroatoms. The Balaban J connectivity index is 1.94. The second-order valence-corrected chi connectivity index (χ2v) is 5.00. The normalized spacial score (nSPS) is 20.1. The summed E-state index contributed by atoms with van der Waals surface area (Å²) in [6.07, 6.45) is 0.778. The fourth-order valence-electron chi connectivity index (χ4n) is 1.86. The molecule has 1 amide bonds. The molecule has 0 spiro atoms. The SMILES string of the molecule is O=C(Cc1ccc(Br)cc1)N1CC[C@@H](O)C1. The van der Waals surface area contributed by atoms with Crippen molar-refractivity contribution in [3.8, 4) is 0 Å². The first kappa shape index (κ1) is 11.6. The van der Waals surface area contributed by atoms with Gasteiger partial charge in [-0.05, 0) is 24.1 Å². The van der Waals surface area contributed by atoms with Crippen LogP contribution in [0.25, 0.3) is 0 Å². The highest BCUT2D eigenvalue weighted by Gasteiger charge is 2.24. The van der Waals surface area contributed by atoms with Gasteiger partial charge >= 0.3 is 0 Å². The molecule has 0 bridgehead atoms. The summed E-state index contributed by atoms with van der Waals surface area (Å²) in [6, 6.07) is 7.74. The molecule has 1 atom stereocenters. The van der Waals surface area contributed by atoms with E-state index < -0.39 is 0 Å². The molecule has 1 aliphatic heterocycles. The van der Waals surface area contributed by atoms with E-state index in [-0.39, 0.29) is 12.0 Å². The number of aliphatic hydroxyl groups is 1. The highest BCUT2D eigenvalue weighted by atomic mass is 79.9. The second-order valence-electron chi connectivity index (χ2n) is 4.09. The average Bonchev–Trinajstić information content (AvgIpc) is 2.68. The van der Waals surface area contributed by atoms with Crippen LogP contribution in [0.2, 0.25) is 0 Å². The molecule has 1 aromatic carbocycles. The van der Waals surface area contributed by atoms with Crippen LogP contribution in [0.5, 0.6) is 0 Å². The van der Waals surface area contributed by atoms with Crippen LogP contribution in [0.4, 0.5) is 0 Å². The summed E-state index contributed by atoms with van der Waals surface area (Å²) >= 11 is 3.36. The van der Waals surface area contributed by atoms with E-state index >= 15 is 0 Å². The molecule has 0 aliphatic carbocycles. The van der Waals surface area contributed by atoms with E-state index in [4.69, 9.17) is 0 Å².